The van der Waals surface area contributed by atoms with E-state index in [-0.39, 0.29) is 5.91 Å². The minimum atomic E-state index is -0.0797. The number of nitrogens with one attached hydrogen (secondary N) is 1. The highest BCUT2D eigenvalue weighted by Crippen LogP contribution is 2.29. The van der Waals surface area contributed by atoms with E-state index in [9.17, 15) is 4.79 Å². The highest BCUT2D eigenvalue weighted by molar-refractivity contribution is 8.01. The van der Waals surface area contributed by atoms with Gasteiger partial charge in [0.15, 0.2) is 9.47 Å². The zero-order valence-electron chi connectivity index (χ0n) is 12.0. The molecule has 8 heteroatoms. The molecule has 0 aliphatic rings. The van der Waals surface area contributed by atoms with Crippen LogP contribution in [0.25, 0.3) is 10.2 Å². The number of hydrogen-bond acceptors (Lipinski definition) is 7. The first-order valence-corrected chi connectivity index (χ1v) is 9.11. The van der Waals surface area contributed by atoms with Crippen LogP contribution in [0.3, 0.4) is 0 Å². The second-order valence-electron chi connectivity index (χ2n) is 4.44. The Bertz CT molecular complexity index is 813. The van der Waals surface area contributed by atoms with Crippen LogP contribution in [0, 0.1) is 6.92 Å². The summed E-state index contributed by atoms with van der Waals surface area (Å²) in [4.78, 5) is 20.7. The van der Waals surface area contributed by atoms with Gasteiger partial charge >= 0.3 is 0 Å². The molecule has 22 heavy (non-hydrogen) atoms. The third-order valence-corrected chi connectivity index (χ3v) is 5.84. The number of anilines is 1. The molecule has 0 unspecified atom stereocenters. The summed E-state index contributed by atoms with van der Waals surface area (Å²) in [5.41, 5.74) is 1.83. The maximum Gasteiger partial charge on any atom is 0.236 e. The molecule has 0 atom stereocenters. The first-order chi connectivity index (χ1) is 10.6. The molecule has 0 aliphatic heterocycles. The minimum absolute atomic E-state index is 0.0797. The van der Waals surface area contributed by atoms with Gasteiger partial charge in [-0.3, -0.25) is 4.79 Å². The monoisotopic (exact) mass is 351 g/mol. The van der Waals surface area contributed by atoms with E-state index in [0.717, 1.165) is 26.0 Å². The van der Waals surface area contributed by atoms with Gasteiger partial charge in [0.2, 0.25) is 5.91 Å². The van der Waals surface area contributed by atoms with Gasteiger partial charge in [0.25, 0.3) is 0 Å². The Morgan fingerprint density at radius 3 is 3.00 bits per heavy atom. The van der Waals surface area contributed by atoms with Crippen molar-refractivity contribution in [2.45, 2.75) is 11.3 Å². The number of hydrogen-bond donors (Lipinski definition) is 1. The molecule has 1 N–H and O–H groups in total. The molecule has 0 saturated carbocycles. The molecule has 0 spiro atoms. The summed E-state index contributed by atoms with van der Waals surface area (Å²) < 4.78 is 7.07. The minimum Gasteiger partial charge on any atom is -0.497 e. The summed E-state index contributed by atoms with van der Waals surface area (Å²) in [6, 6.07) is 5.65. The number of benzene rings is 1. The number of nitrogens with zero attached hydrogens (tertiary/aromatic N) is 2. The summed E-state index contributed by atoms with van der Waals surface area (Å²) in [5.74, 6) is 1.03. The zero-order valence-corrected chi connectivity index (χ0v) is 14.4. The van der Waals surface area contributed by atoms with Gasteiger partial charge in [-0.1, -0.05) is 23.1 Å². The van der Waals surface area contributed by atoms with E-state index in [1.807, 2.05) is 30.5 Å². The third kappa shape index (κ3) is 3.57. The molecule has 2 heterocycles. The van der Waals surface area contributed by atoms with Crippen LogP contribution in [0.4, 0.5) is 5.13 Å². The van der Waals surface area contributed by atoms with E-state index in [4.69, 9.17) is 4.74 Å². The van der Waals surface area contributed by atoms with E-state index in [1.54, 1.807) is 18.4 Å². The van der Waals surface area contributed by atoms with Gasteiger partial charge in [-0.05, 0) is 25.1 Å². The Kier molecular flexibility index (Phi) is 4.60. The molecule has 1 aromatic carbocycles. The average Bonchev–Trinajstić information content (AvgIpc) is 3.09. The number of rotatable bonds is 5. The van der Waals surface area contributed by atoms with Gasteiger partial charge in [-0.15, -0.1) is 11.3 Å². The van der Waals surface area contributed by atoms with Crippen LogP contribution in [0.2, 0.25) is 0 Å². The van der Waals surface area contributed by atoms with Gasteiger partial charge < -0.3 is 10.1 Å². The molecule has 3 rings (SSSR count). The molecule has 2 aromatic heterocycles. The fourth-order valence-corrected chi connectivity index (χ4v) is 4.33. The number of carbonyl (C=O) groups excluding carboxylic acids is 1. The standard InChI is InChI=1S/C14H13N3O2S3/c1-8-6-20-14(15-8)21-7-12(18)17-13-16-10-4-3-9(19-2)5-11(10)22-13/h3-6H,7H2,1-2H3,(H,16,17,18). The lowest BCUT2D eigenvalue weighted by Crippen LogP contribution is -2.13. The van der Waals surface area contributed by atoms with E-state index in [2.05, 4.69) is 15.3 Å². The number of thioether (sulfide) groups is 1. The fraction of sp³-hybridized carbons (Fsp3) is 0.214. The number of ether oxygens (including phenoxy) is 1. The molecule has 3 aromatic rings. The van der Waals surface area contributed by atoms with Crippen molar-refractivity contribution in [1.82, 2.24) is 9.97 Å². The molecular weight excluding hydrogens is 338 g/mol. The predicted molar refractivity (Wildman–Crippen MR) is 92.4 cm³/mol. The van der Waals surface area contributed by atoms with Crippen molar-refractivity contribution in [2.24, 2.45) is 0 Å². The van der Waals surface area contributed by atoms with Crippen LogP contribution in [-0.4, -0.2) is 28.7 Å². The summed E-state index contributed by atoms with van der Waals surface area (Å²) in [7, 11) is 1.63. The SMILES string of the molecule is COc1ccc2nc(NC(=O)CSc3nc(C)cs3)sc2c1. The number of aryl methyl sites for hydroxylation is 1. The fourth-order valence-electron chi connectivity index (χ4n) is 1.77. The lowest BCUT2D eigenvalue weighted by molar-refractivity contribution is -0.113. The molecule has 0 saturated heterocycles. The van der Waals surface area contributed by atoms with Crippen molar-refractivity contribution in [1.29, 1.82) is 0 Å². The second kappa shape index (κ2) is 6.64. The van der Waals surface area contributed by atoms with E-state index >= 15 is 0 Å². The highest BCUT2D eigenvalue weighted by atomic mass is 32.2. The van der Waals surface area contributed by atoms with Crippen LogP contribution in [-0.2, 0) is 4.79 Å². The quantitative estimate of drug-likeness (QED) is 0.708. The largest absolute Gasteiger partial charge is 0.497 e. The topological polar surface area (TPSA) is 64.1 Å². The normalized spacial score (nSPS) is 10.8. The Morgan fingerprint density at radius 1 is 1.41 bits per heavy atom. The zero-order chi connectivity index (χ0) is 15.5. The van der Waals surface area contributed by atoms with Gasteiger partial charge in [-0.2, -0.15) is 0 Å². The molecule has 114 valence electrons. The second-order valence-corrected chi connectivity index (χ2v) is 7.56. The van der Waals surface area contributed by atoms with E-state index < -0.39 is 0 Å². The summed E-state index contributed by atoms with van der Waals surface area (Å²) in [6.07, 6.45) is 0. The molecule has 0 fully saturated rings. The molecule has 5 nitrogen and oxygen atoms in total. The van der Waals surface area contributed by atoms with Gasteiger partial charge in [0.1, 0.15) is 5.75 Å². The first-order valence-electron chi connectivity index (χ1n) is 6.43. The van der Waals surface area contributed by atoms with E-state index in [1.165, 1.54) is 23.1 Å². The van der Waals surface area contributed by atoms with Crippen molar-refractivity contribution < 1.29 is 9.53 Å². The first kappa shape index (κ1) is 15.3. The van der Waals surface area contributed by atoms with Crippen LogP contribution in [0.1, 0.15) is 5.69 Å². The molecule has 0 aliphatic carbocycles. The maximum atomic E-state index is 12.0. The number of carbonyl (C=O) groups is 1. The number of methoxy groups -OCH3 is 1. The third-order valence-electron chi connectivity index (χ3n) is 2.77. The van der Waals surface area contributed by atoms with Crippen molar-refractivity contribution in [3.63, 3.8) is 0 Å². The summed E-state index contributed by atoms with van der Waals surface area (Å²) in [6.45, 7) is 1.94. The lowest BCUT2D eigenvalue weighted by atomic mass is 10.3. The van der Waals surface area contributed by atoms with Crippen LogP contribution < -0.4 is 10.1 Å². The van der Waals surface area contributed by atoms with Crippen molar-refractivity contribution in [2.75, 3.05) is 18.2 Å². The Hall–Kier alpha value is -1.64. The number of aromatic nitrogens is 2. The Labute approximate surface area is 139 Å². The van der Waals surface area contributed by atoms with Gasteiger partial charge in [-0.25, -0.2) is 9.97 Å². The lowest BCUT2D eigenvalue weighted by Gasteiger charge is -1.99. The Balaban J connectivity index is 1.63. The van der Waals surface area contributed by atoms with Gasteiger partial charge in [0.05, 0.1) is 23.1 Å². The number of amides is 1. The summed E-state index contributed by atoms with van der Waals surface area (Å²) in [5, 5.41) is 5.40. The smallest absolute Gasteiger partial charge is 0.236 e. The van der Waals surface area contributed by atoms with Gasteiger partial charge in [0, 0.05) is 11.1 Å². The summed E-state index contributed by atoms with van der Waals surface area (Å²) >= 11 is 4.42. The Morgan fingerprint density at radius 2 is 2.27 bits per heavy atom. The van der Waals surface area contributed by atoms with Crippen LogP contribution in [0.5, 0.6) is 5.75 Å². The number of thiazole rings is 2. The maximum absolute atomic E-state index is 12.0. The van der Waals surface area contributed by atoms with Crippen molar-refractivity contribution in [3.8, 4) is 5.75 Å². The predicted octanol–water partition coefficient (Wildman–Crippen LogP) is 3.80. The molecule has 0 radical (unpaired) electrons. The van der Waals surface area contributed by atoms with Crippen LogP contribution >= 0.6 is 34.4 Å². The van der Waals surface area contributed by atoms with Crippen LogP contribution in [0.15, 0.2) is 27.9 Å². The molecule has 1 amide bonds. The molecular formula is C14H13N3O2S3. The van der Waals surface area contributed by atoms with E-state index in [0.29, 0.717) is 10.9 Å². The van der Waals surface area contributed by atoms with Crippen molar-refractivity contribution >= 4 is 55.7 Å². The average molecular weight is 351 g/mol. The highest BCUT2D eigenvalue weighted by Gasteiger charge is 2.10. The van der Waals surface area contributed by atoms with Crippen molar-refractivity contribution in [3.05, 3.63) is 29.3 Å². The molecule has 0 bridgehead atoms. The number of fused-ring (bicyclic) bond motifs is 1.